The standard InChI is InChI=1S/C21H22ClN/c1-13(2)14-9-11-15(12-10-14)20-17-6-3-5-16(17)18-7-4-8-19(22)21(18)23-20/h3-5,7-13,16-17,20,23H,6H2,1-2H3/t16-,17+,20-/m0/s1. The number of halogens is 1. The van der Waals surface area contributed by atoms with E-state index in [1.165, 1.54) is 16.7 Å². The Labute approximate surface area is 143 Å². The van der Waals surface area contributed by atoms with Gasteiger partial charge in [-0.3, -0.25) is 0 Å². The van der Waals surface area contributed by atoms with Gasteiger partial charge in [0, 0.05) is 5.92 Å². The first kappa shape index (κ1) is 14.8. The van der Waals surface area contributed by atoms with Crippen LogP contribution in [-0.2, 0) is 0 Å². The molecule has 0 radical (unpaired) electrons. The number of para-hydroxylation sites is 1. The molecular formula is C21H22ClN. The Bertz CT molecular complexity index is 745. The van der Waals surface area contributed by atoms with E-state index in [1.54, 1.807) is 0 Å². The molecule has 0 amide bonds. The van der Waals surface area contributed by atoms with Gasteiger partial charge in [0.15, 0.2) is 0 Å². The minimum atomic E-state index is 0.323. The van der Waals surface area contributed by atoms with Crippen LogP contribution in [0.3, 0.4) is 0 Å². The average Bonchev–Trinajstić information content (AvgIpc) is 3.04. The third-order valence-corrected chi connectivity index (χ3v) is 5.62. The third-order valence-electron chi connectivity index (χ3n) is 5.31. The van der Waals surface area contributed by atoms with E-state index in [4.69, 9.17) is 11.6 Å². The first-order chi connectivity index (χ1) is 11.1. The second-order valence-corrected chi connectivity index (χ2v) is 7.41. The van der Waals surface area contributed by atoms with Crippen molar-refractivity contribution in [2.75, 3.05) is 5.32 Å². The first-order valence-electron chi connectivity index (χ1n) is 8.46. The first-order valence-corrected chi connectivity index (χ1v) is 8.84. The van der Waals surface area contributed by atoms with E-state index in [9.17, 15) is 0 Å². The van der Waals surface area contributed by atoms with Gasteiger partial charge in [-0.25, -0.2) is 0 Å². The average molecular weight is 324 g/mol. The predicted molar refractivity (Wildman–Crippen MR) is 98.3 cm³/mol. The van der Waals surface area contributed by atoms with Gasteiger partial charge >= 0.3 is 0 Å². The summed E-state index contributed by atoms with van der Waals surface area (Å²) in [7, 11) is 0. The third kappa shape index (κ3) is 2.48. The van der Waals surface area contributed by atoms with Crippen molar-refractivity contribution in [1.82, 2.24) is 0 Å². The van der Waals surface area contributed by atoms with Crippen molar-refractivity contribution in [1.29, 1.82) is 0 Å². The maximum atomic E-state index is 6.47. The van der Waals surface area contributed by atoms with Crippen molar-refractivity contribution in [2.45, 2.75) is 38.1 Å². The molecule has 1 heterocycles. The fourth-order valence-corrected chi connectivity index (χ4v) is 4.24. The summed E-state index contributed by atoms with van der Waals surface area (Å²) in [6.07, 6.45) is 5.80. The molecule has 23 heavy (non-hydrogen) atoms. The largest absolute Gasteiger partial charge is 0.376 e. The fourth-order valence-electron chi connectivity index (χ4n) is 4.00. The number of nitrogens with one attached hydrogen (secondary N) is 1. The molecule has 1 aliphatic heterocycles. The van der Waals surface area contributed by atoms with Gasteiger partial charge in [-0.1, -0.05) is 74.0 Å². The Morgan fingerprint density at radius 3 is 2.61 bits per heavy atom. The molecule has 1 nitrogen and oxygen atoms in total. The lowest BCUT2D eigenvalue weighted by Gasteiger charge is -2.38. The lowest BCUT2D eigenvalue weighted by molar-refractivity contribution is 0.425. The maximum absolute atomic E-state index is 6.47. The van der Waals surface area contributed by atoms with Crippen LogP contribution >= 0.6 is 11.6 Å². The molecule has 0 saturated heterocycles. The molecule has 0 bridgehead atoms. The number of hydrogen-bond acceptors (Lipinski definition) is 1. The molecular weight excluding hydrogens is 302 g/mol. The molecule has 0 unspecified atom stereocenters. The second-order valence-electron chi connectivity index (χ2n) is 7.00. The maximum Gasteiger partial charge on any atom is 0.0640 e. The molecule has 2 aromatic rings. The monoisotopic (exact) mass is 323 g/mol. The molecule has 0 spiro atoms. The molecule has 118 valence electrons. The second kappa shape index (κ2) is 5.72. The number of benzene rings is 2. The van der Waals surface area contributed by atoms with Gasteiger partial charge in [-0.15, -0.1) is 0 Å². The van der Waals surface area contributed by atoms with E-state index in [2.05, 4.69) is 67.7 Å². The topological polar surface area (TPSA) is 12.0 Å². The van der Waals surface area contributed by atoms with Crippen LogP contribution in [0.25, 0.3) is 0 Å². The van der Waals surface area contributed by atoms with Crippen molar-refractivity contribution in [3.8, 4) is 0 Å². The summed E-state index contributed by atoms with van der Waals surface area (Å²) in [6.45, 7) is 4.47. The minimum absolute atomic E-state index is 0.323. The fraction of sp³-hybridized carbons (Fsp3) is 0.333. The highest BCUT2D eigenvalue weighted by atomic mass is 35.5. The molecule has 4 rings (SSSR count). The summed E-state index contributed by atoms with van der Waals surface area (Å²) < 4.78 is 0. The van der Waals surface area contributed by atoms with Gasteiger partial charge in [-0.05, 0) is 41.0 Å². The van der Waals surface area contributed by atoms with Gasteiger partial charge in [0.25, 0.3) is 0 Å². The van der Waals surface area contributed by atoms with Crippen LogP contribution < -0.4 is 5.32 Å². The SMILES string of the molecule is CC(C)c1ccc([C@@H]2Nc3c(Cl)cccc3[C@H]3C=CC[C@H]32)cc1. The Hall–Kier alpha value is -1.73. The quantitative estimate of drug-likeness (QED) is 0.640. The number of fused-ring (bicyclic) bond motifs is 3. The van der Waals surface area contributed by atoms with Crippen molar-refractivity contribution < 1.29 is 0 Å². The van der Waals surface area contributed by atoms with Crippen LogP contribution in [0.1, 0.15) is 54.8 Å². The molecule has 2 aliphatic rings. The summed E-state index contributed by atoms with van der Waals surface area (Å²) in [5.74, 6) is 1.62. The van der Waals surface area contributed by atoms with Crippen LogP contribution in [0.15, 0.2) is 54.6 Å². The molecule has 3 atom stereocenters. The van der Waals surface area contributed by atoms with Gasteiger partial charge in [0.05, 0.1) is 16.8 Å². The Morgan fingerprint density at radius 1 is 1.09 bits per heavy atom. The van der Waals surface area contributed by atoms with Gasteiger partial charge in [-0.2, -0.15) is 0 Å². The lowest BCUT2D eigenvalue weighted by atomic mass is 9.77. The Morgan fingerprint density at radius 2 is 1.87 bits per heavy atom. The van der Waals surface area contributed by atoms with Crippen molar-refractivity contribution in [3.63, 3.8) is 0 Å². The van der Waals surface area contributed by atoms with Gasteiger partial charge in [0.1, 0.15) is 0 Å². The molecule has 1 aliphatic carbocycles. The van der Waals surface area contributed by atoms with Crippen LogP contribution in [0.2, 0.25) is 5.02 Å². The summed E-state index contributed by atoms with van der Waals surface area (Å²) in [6, 6.07) is 15.7. The number of hydrogen-bond donors (Lipinski definition) is 1. The Kier molecular flexibility index (Phi) is 3.69. The molecule has 1 N–H and O–H groups in total. The number of anilines is 1. The summed E-state index contributed by atoms with van der Waals surface area (Å²) >= 11 is 6.47. The van der Waals surface area contributed by atoms with E-state index >= 15 is 0 Å². The van der Waals surface area contributed by atoms with Crippen LogP contribution in [0, 0.1) is 5.92 Å². The number of rotatable bonds is 2. The van der Waals surface area contributed by atoms with Crippen molar-refractivity contribution in [3.05, 3.63) is 76.3 Å². The van der Waals surface area contributed by atoms with Gasteiger partial charge < -0.3 is 5.32 Å². The van der Waals surface area contributed by atoms with Crippen molar-refractivity contribution in [2.24, 2.45) is 5.92 Å². The summed E-state index contributed by atoms with van der Waals surface area (Å²) in [5, 5.41) is 4.55. The highest BCUT2D eigenvalue weighted by Gasteiger charge is 2.38. The summed E-state index contributed by atoms with van der Waals surface area (Å²) in [5.41, 5.74) is 5.20. The van der Waals surface area contributed by atoms with E-state index in [1.807, 2.05) is 6.07 Å². The van der Waals surface area contributed by atoms with E-state index in [-0.39, 0.29) is 0 Å². The molecule has 2 aromatic carbocycles. The van der Waals surface area contributed by atoms with Crippen LogP contribution in [-0.4, -0.2) is 0 Å². The number of allylic oxidation sites excluding steroid dienone is 2. The highest BCUT2D eigenvalue weighted by Crippen LogP contribution is 2.51. The van der Waals surface area contributed by atoms with Crippen molar-refractivity contribution >= 4 is 17.3 Å². The normalized spacial score (nSPS) is 25.1. The summed E-state index contributed by atoms with van der Waals surface area (Å²) in [4.78, 5) is 0. The van der Waals surface area contributed by atoms with Gasteiger partial charge in [0.2, 0.25) is 0 Å². The predicted octanol–water partition coefficient (Wildman–Crippen LogP) is 6.29. The molecule has 0 saturated carbocycles. The Balaban J connectivity index is 1.74. The lowest BCUT2D eigenvalue weighted by Crippen LogP contribution is -2.29. The van der Waals surface area contributed by atoms with E-state index in [0.29, 0.717) is 23.8 Å². The highest BCUT2D eigenvalue weighted by molar-refractivity contribution is 6.33. The smallest absolute Gasteiger partial charge is 0.0640 e. The van der Waals surface area contributed by atoms with E-state index < -0.39 is 0 Å². The van der Waals surface area contributed by atoms with E-state index in [0.717, 1.165) is 17.1 Å². The van der Waals surface area contributed by atoms with Crippen LogP contribution in [0.5, 0.6) is 0 Å². The minimum Gasteiger partial charge on any atom is -0.376 e. The zero-order chi connectivity index (χ0) is 16.0. The molecule has 0 aromatic heterocycles. The zero-order valence-electron chi connectivity index (χ0n) is 13.6. The zero-order valence-corrected chi connectivity index (χ0v) is 14.3. The van der Waals surface area contributed by atoms with Crippen LogP contribution in [0.4, 0.5) is 5.69 Å². The molecule has 0 fully saturated rings. The molecule has 2 heteroatoms.